The minimum Gasteiger partial charge on any atom is -0.507 e. The quantitative estimate of drug-likeness (QED) is 0.766. The number of nitrogens with one attached hydrogen (secondary N) is 1. The number of rotatable bonds is 1. The molecular weight excluding hydrogens is 223 g/mol. The Hall–Kier alpha value is -1.62. The van der Waals surface area contributed by atoms with Crippen LogP contribution in [0, 0.1) is 5.82 Å². The predicted molar refractivity (Wildman–Crippen MR) is 61.4 cm³/mol. The van der Waals surface area contributed by atoms with E-state index in [9.17, 15) is 14.3 Å². The largest absolute Gasteiger partial charge is 0.507 e. The van der Waals surface area contributed by atoms with Gasteiger partial charge in [-0.3, -0.25) is 4.79 Å². The molecule has 1 saturated heterocycles. The summed E-state index contributed by atoms with van der Waals surface area (Å²) >= 11 is 0. The van der Waals surface area contributed by atoms with E-state index in [1.165, 1.54) is 12.1 Å². The smallest absolute Gasteiger partial charge is 0.257 e. The van der Waals surface area contributed by atoms with E-state index in [0.717, 1.165) is 12.6 Å². The van der Waals surface area contributed by atoms with Crippen molar-refractivity contribution in [2.24, 2.45) is 0 Å². The van der Waals surface area contributed by atoms with Gasteiger partial charge in [-0.25, -0.2) is 4.39 Å². The molecule has 0 aromatic heterocycles. The van der Waals surface area contributed by atoms with Crippen molar-refractivity contribution in [2.75, 3.05) is 19.6 Å². The maximum Gasteiger partial charge on any atom is 0.257 e. The third-order valence-electron chi connectivity index (χ3n) is 2.85. The van der Waals surface area contributed by atoms with E-state index in [1.54, 1.807) is 4.90 Å². The molecule has 0 spiro atoms. The summed E-state index contributed by atoms with van der Waals surface area (Å²) in [6.07, 6.45) is 0. The van der Waals surface area contributed by atoms with E-state index in [1.807, 2.05) is 6.92 Å². The second-order valence-corrected chi connectivity index (χ2v) is 4.27. The molecule has 1 aromatic carbocycles. The van der Waals surface area contributed by atoms with E-state index in [-0.39, 0.29) is 23.3 Å². The average molecular weight is 238 g/mol. The number of amides is 1. The number of piperazine rings is 1. The third kappa shape index (κ3) is 2.55. The Morgan fingerprint density at radius 1 is 1.59 bits per heavy atom. The van der Waals surface area contributed by atoms with Gasteiger partial charge in [-0.1, -0.05) is 0 Å². The number of hydrogen-bond donors (Lipinski definition) is 2. The Morgan fingerprint density at radius 2 is 2.35 bits per heavy atom. The molecule has 1 atom stereocenters. The number of carbonyl (C=O) groups excluding carboxylic acids is 1. The van der Waals surface area contributed by atoms with Crippen LogP contribution in [0.2, 0.25) is 0 Å². The highest BCUT2D eigenvalue weighted by molar-refractivity contribution is 5.96. The van der Waals surface area contributed by atoms with Crippen molar-refractivity contribution in [1.82, 2.24) is 10.2 Å². The van der Waals surface area contributed by atoms with Crippen molar-refractivity contribution in [3.05, 3.63) is 29.6 Å². The molecule has 92 valence electrons. The molecular formula is C12H15FN2O2. The Kier molecular flexibility index (Phi) is 3.28. The summed E-state index contributed by atoms with van der Waals surface area (Å²) in [5, 5.41) is 12.8. The minimum atomic E-state index is -0.548. The highest BCUT2D eigenvalue weighted by Gasteiger charge is 2.23. The first kappa shape index (κ1) is 11.9. The van der Waals surface area contributed by atoms with Crippen LogP contribution in [0.5, 0.6) is 5.75 Å². The molecule has 0 unspecified atom stereocenters. The molecule has 1 amide bonds. The van der Waals surface area contributed by atoms with Crippen LogP contribution in [0.1, 0.15) is 17.3 Å². The summed E-state index contributed by atoms with van der Waals surface area (Å²) in [6.45, 7) is 3.91. The van der Waals surface area contributed by atoms with Crippen LogP contribution in [0.3, 0.4) is 0 Å². The first-order valence-corrected chi connectivity index (χ1v) is 5.59. The molecule has 2 rings (SSSR count). The second kappa shape index (κ2) is 4.71. The zero-order chi connectivity index (χ0) is 12.4. The lowest BCUT2D eigenvalue weighted by molar-refractivity contribution is 0.0706. The van der Waals surface area contributed by atoms with Crippen LogP contribution >= 0.6 is 0 Å². The summed E-state index contributed by atoms with van der Waals surface area (Å²) < 4.78 is 12.8. The second-order valence-electron chi connectivity index (χ2n) is 4.27. The topological polar surface area (TPSA) is 52.6 Å². The lowest BCUT2D eigenvalue weighted by atomic mass is 10.1. The SMILES string of the molecule is C[C@@H]1CN(C(=O)c2ccc(F)cc2O)CCN1. The molecule has 4 nitrogen and oxygen atoms in total. The number of benzene rings is 1. The number of aromatic hydroxyl groups is 1. The molecule has 0 radical (unpaired) electrons. The molecule has 1 fully saturated rings. The highest BCUT2D eigenvalue weighted by Crippen LogP contribution is 2.20. The van der Waals surface area contributed by atoms with Gasteiger partial charge < -0.3 is 15.3 Å². The molecule has 2 N–H and O–H groups in total. The van der Waals surface area contributed by atoms with Gasteiger partial charge in [-0.15, -0.1) is 0 Å². The number of phenolic OH excluding ortho intramolecular Hbond substituents is 1. The van der Waals surface area contributed by atoms with Crippen molar-refractivity contribution in [1.29, 1.82) is 0 Å². The molecule has 5 heteroatoms. The lowest BCUT2D eigenvalue weighted by Crippen LogP contribution is -2.51. The fraction of sp³-hybridized carbons (Fsp3) is 0.417. The van der Waals surface area contributed by atoms with Gasteiger partial charge in [-0.2, -0.15) is 0 Å². The number of hydrogen-bond acceptors (Lipinski definition) is 3. The van der Waals surface area contributed by atoms with Crippen molar-refractivity contribution >= 4 is 5.91 Å². The number of phenols is 1. The maximum atomic E-state index is 12.8. The zero-order valence-corrected chi connectivity index (χ0v) is 9.61. The van der Waals surface area contributed by atoms with Crippen LogP contribution in [0.15, 0.2) is 18.2 Å². The van der Waals surface area contributed by atoms with E-state index in [0.29, 0.717) is 13.1 Å². The Labute approximate surface area is 99.0 Å². The van der Waals surface area contributed by atoms with E-state index >= 15 is 0 Å². The van der Waals surface area contributed by atoms with Crippen molar-refractivity contribution in [3.63, 3.8) is 0 Å². The van der Waals surface area contributed by atoms with Gasteiger partial charge in [-0.05, 0) is 19.1 Å². The summed E-state index contributed by atoms with van der Waals surface area (Å²) in [7, 11) is 0. The number of nitrogens with zero attached hydrogens (tertiary/aromatic N) is 1. The molecule has 0 saturated carbocycles. The molecule has 17 heavy (non-hydrogen) atoms. The van der Waals surface area contributed by atoms with Gasteiger partial charge in [0.15, 0.2) is 0 Å². The standard InChI is InChI=1S/C12H15FN2O2/c1-8-7-15(5-4-14-8)12(17)10-3-2-9(13)6-11(10)16/h2-3,6,8,14,16H,4-5,7H2,1H3/t8-/m1/s1. The molecule has 1 aliphatic heterocycles. The fourth-order valence-corrected chi connectivity index (χ4v) is 1.97. The van der Waals surface area contributed by atoms with Gasteiger partial charge in [0, 0.05) is 31.7 Å². The Balaban J connectivity index is 2.18. The minimum absolute atomic E-state index is 0.153. The zero-order valence-electron chi connectivity index (χ0n) is 9.61. The lowest BCUT2D eigenvalue weighted by Gasteiger charge is -2.32. The monoisotopic (exact) mass is 238 g/mol. The summed E-state index contributed by atoms with van der Waals surface area (Å²) in [4.78, 5) is 13.8. The van der Waals surface area contributed by atoms with Gasteiger partial charge >= 0.3 is 0 Å². The van der Waals surface area contributed by atoms with E-state index in [2.05, 4.69) is 5.32 Å². The molecule has 1 aliphatic rings. The summed E-state index contributed by atoms with van der Waals surface area (Å²) in [5.41, 5.74) is 0.153. The average Bonchev–Trinajstić information content (AvgIpc) is 2.28. The first-order valence-electron chi connectivity index (χ1n) is 5.59. The van der Waals surface area contributed by atoms with Gasteiger partial charge in [0.2, 0.25) is 0 Å². The van der Waals surface area contributed by atoms with E-state index in [4.69, 9.17) is 0 Å². The van der Waals surface area contributed by atoms with Crippen LogP contribution in [0.25, 0.3) is 0 Å². The summed E-state index contributed by atoms with van der Waals surface area (Å²) in [5.74, 6) is -1.11. The Bertz CT molecular complexity index is 437. The Morgan fingerprint density at radius 3 is 3.00 bits per heavy atom. The normalized spacial score (nSPS) is 20.4. The van der Waals surface area contributed by atoms with Crippen molar-refractivity contribution in [2.45, 2.75) is 13.0 Å². The molecule has 1 heterocycles. The highest BCUT2D eigenvalue weighted by atomic mass is 19.1. The van der Waals surface area contributed by atoms with Gasteiger partial charge in [0.05, 0.1) is 5.56 Å². The van der Waals surface area contributed by atoms with Crippen LogP contribution in [-0.4, -0.2) is 41.6 Å². The maximum absolute atomic E-state index is 12.8. The molecule has 0 aliphatic carbocycles. The van der Waals surface area contributed by atoms with Crippen LogP contribution in [-0.2, 0) is 0 Å². The number of halogens is 1. The van der Waals surface area contributed by atoms with Crippen LogP contribution in [0.4, 0.5) is 4.39 Å². The van der Waals surface area contributed by atoms with Gasteiger partial charge in [0.25, 0.3) is 5.91 Å². The van der Waals surface area contributed by atoms with Crippen LogP contribution < -0.4 is 5.32 Å². The third-order valence-corrected chi connectivity index (χ3v) is 2.85. The van der Waals surface area contributed by atoms with Gasteiger partial charge in [0.1, 0.15) is 11.6 Å². The van der Waals surface area contributed by atoms with Crippen molar-refractivity contribution < 1.29 is 14.3 Å². The summed E-state index contributed by atoms with van der Waals surface area (Å²) in [6, 6.07) is 3.69. The molecule has 0 bridgehead atoms. The molecule has 1 aromatic rings. The fourth-order valence-electron chi connectivity index (χ4n) is 1.97. The first-order chi connectivity index (χ1) is 8.08. The van der Waals surface area contributed by atoms with E-state index < -0.39 is 5.82 Å². The predicted octanol–water partition coefficient (Wildman–Crippen LogP) is 0.965. The van der Waals surface area contributed by atoms with Crippen molar-refractivity contribution in [3.8, 4) is 5.75 Å². The number of carbonyl (C=O) groups is 1.